The summed E-state index contributed by atoms with van der Waals surface area (Å²) in [6, 6.07) is 12.4. The molecule has 5 heteroatoms. The van der Waals surface area contributed by atoms with Gasteiger partial charge in [-0.25, -0.2) is 4.98 Å². The minimum atomic E-state index is -0.387. The van der Waals surface area contributed by atoms with Crippen LogP contribution in [0.2, 0.25) is 0 Å². The van der Waals surface area contributed by atoms with Crippen LogP contribution in [-0.2, 0) is 6.42 Å². The van der Waals surface area contributed by atoms with Crippen LogP contribution in [0.5, 0.6) is 0 Å². The molecule has 1 aromatic heterocycles. The molecule has 20 heavy (non-hydrogen) atoms. The standard InChI is InChI=1S/C15H12N2O3/c1-10-6-7-12-14(8-10)20-15(16-12)9-11-4-2-3-5-13(11)17(18)19/h2-8H,9H2,1H3. The molecule has 0 N–H and O–H groups in total. The van der Waals surface area contributed by atoms with Gasteiger partial charge in [-0.2, -0.15) is 0 Å². The number of para-hydroxylation sites is 1. The molecule has 0 aliphatic rings. The van der Waals surface area contributed by atoms with Crippen LogP contribution in [0.15, 0.2) is 46.9 Å². The van der Waals surface area contributed by atoms with Crippen molar-refractivity contribution in [3.05, 3.63) is 69.6 Å². The third-order valence-corrected chi connectivity index (χ3v) is 3.12. The molecule has 100 valence electrons. The second kappa shape index (κ2) is 4.77. The van der Waals surface area contributed by atoms with Crippen LogP contribution < -0.4 is 0 Å². The van der Waals surface area contributed by atoms with E-state index in [2.05, 4.69) is 4.98 Å². The zero-order chi connectivity index (χ0) is 14.1. The van der Waals surface area contributed by atoms with Crippen LogP contribution in [0, 0.1) is 17.0 Å². The molecule has 0 aliphatic carbocycles. The first-order chi connectivity index (χ1) is 9.63. The topological polar surface area (TPSA) is 69.2 Å². The van der Waals surface area contributed by atoms with E-state index in [9.17, 15) is 10.1 Å². The molecule has 0 saturated heterocycles. The minimum absolute atomic E-state index is 0.0888. The number of benzene rings is 2. The normalized spacial score (nSPS) is 10.8. The number of oxazole rings is 1. The molecule has 0 spiro atoms. The first-order valence-electron chi connectivity index (χ1n) is 6.22. The first kappa shape index (κ1) is 12.3. The molecule has 0 fully saturated rings. The lowest BCUT2D eigenvalue weighted by atomic mass is 10.1. The summed E-state index contributed by atoms with van der Waals surface area (Å²) in [7, 11) is 0. The van der Waals surface area contributed by atoms with E-state index in [4.69, 9.17) is 4.42 Å². The molecule has 0 aliphatic heterocycles. The van der Waals surface area contributed by atoms with Gasteiger partial charge in [-0.1, -0.05) is 24.3 Å². The van der Waals surface area contributed by atoms with Gasteiger partial charge in [0.1, 0.15) is 5.52 Å². The number of aromatic nitrogens is 1. The van der Waals surface area contributed by atoms with Gasteiger partial charge < -0.3 is 4.42 Å². The Morgan fingerprint density at radius 1 is 1.25 bits per heavy atom. The Bertz CT molecular complexity index is 793. The predicted molar refractivity (Wildman–Crippen MR) is 74.6 cm³/mol. The van der Waals surface area contributed by atoms with Gasteiger partial charge in [0.2, 0.25) is 0 Å². The van der Waals surface area contributed by atoms with E-state index in [-0.39, 0.29) is 10.6 Å². The fourth-order valence-electron chi connectivity index (χ4n) is 2.16. The van der Waals surface area contributed by atoms with Crippen LogP contribution in [0.3, 0.4) is 0 Å². The molecule has 2 aromatic carbocycles. The molecular weight excluding hydrogens is 256 g/mol. The number of hydrogen-bond acceptors (Lipinski definition) is 4. The number of aryl methyl sites for hydroxylation is 1. The van der Waals surface area contributed by atoms with Crippen molar-refractivity contribution in [1.82, 2.24) is 4.98 Å². The van der Waals surface area contributed by atoms with Gasteiger partial charge in [-0.05, 0) is 24.6 Å². The van der Waals surface area contributed by atoms with E-state index < -0.39 is 0 Å². The van der Waals surface area contributed by atoms with Crippen molar-refractivity contribution in [1.29, 1.82) is 0 Å². The van der Waals surface area contributed by atoms with E-state index in [1.54, 1.807) is 18.2 Å². The van der Waals surface area contributed by atoms with Gasteiger partial charge in [0.05, 0.1) is 11.3 Å². The molecule has 0 bridgehead atoms. The highest BCUT2D eigenvalue weighted by Gasteiger charge is 2.15. The van der Waals surface area contributed by atoms with E-state index in [1.165, 1.54) is 6.07 Å². The molecule has 0 radical (unpaired) electrons. The zero-order valence-corrected chi connectivity index (χ0v) is 10.9. The number of nitro groups is 1. The van der Waals surface area contributed by atoms with Crippen LogP contribution in [-0.4, -0.2) is 9.91 Å². The number of nitrogens with zero attached hydrogens (tertiary/aromatic N) is 2. The molecular formula is C15H12N2O3. The molecule has 3 rings (SSSR count). The number of hydrogen-bond donors (Lipinski definition) is 0. The SMILES string of the molecule is Cc1ccc2nc(Cc3ccccc3[N+](=O)[O-])oc2c1. The van der Waals surface area contributed by atoms with Crippen molar-refractivity contribution in [2.24, 2.45) is 0 Å². The van der Waals surface area contributed by atoms with Crippen molar-refractivity contribution >= 4 is 16.8 Å². The van der Waals surface area contributed by atoms with Crippen molar-refractivity contribution in [2.75, 3.05) is 0 Å². The highest BCUT2D eigenvalue weighted by atomic mass is 16.6. The third-order valence-electron chi connectivity index (χ3n) is 3.12. The van der Waals surface area contributed by atoms with E-state index >= 15 is 0 Å². The van der Waals surface area contributed by atoms with Gasteiger partial charge in [0.25, 0.3) is 5.69 Å². The molecule has 1 heterocycles. The van der Waals surface area contributed by atoms with Crippen LogP contribution >= 0.6 is 0 Å². The van der Waals surface area contributed by atoms with Crippen molar-refractivity contribution < 1.29 is 9.34 Å². The summed E-state index contributed by atoms with van der Waals surface area (Å²) in [6.07, 6.45) is 0.310. The van der Waals surface area contributed by atoms with Crippen LogP contribution in [0.1, 0.15) is 17.0 Å². The molecule has 0 saturated carbocycles. The average molecular weight is 268 g/mol. The molecule has 0 unspecified atom stereocenters. The van der Waals surface area contributed by atoms with Gasteiger partial charge >= 0.3 is 0 Å². The summed E-state index contributed by atoms with van der Waals surface area (Å²) in [6.45, 7) is 1.98. The zero-order valence-electron chi connectivity index (χ0n) is 10.9. The minimum Gasteiger partial charge on any atom is -0.440 e. The Balaban J connectivity index is 1.99. The molecule has 0 atom stereocenters. The summed E-state index contributed by atoms with van der Waals surface area (Å²) in [5, 5.41) is 11.0. The highest BCUT2D eigenvalue weighted by Crippen LogP contribution is 2.23. The first-order valence-corrected chi connectivity index (χ1v) is 6.22. The number of fused-ring (bicyclic) bond motifs is 1. The van der Waals surface area contributed by atoms with Gasteiger partial charge in [0.15, 0.2) is 11.5 Å². The van der Waals surface area contributed by atoms with Crippen molar-refractivity contribution in [2.45, 2.75) is 13.3 Å². The smallest absolute Gasteiger partial charge is 0.273 e. The Hall–Kier alpha value is -2.69. The molecule has 0 amide bonds. The monoisotopic (exact) mass is 268 g/mol. The lowest BCUT2D eigenvalue weighted by Crippen LogP contribution is -1.96. The summed E-state index contributed by atoms with van der Waals surface area (Å²) < 4.78 is 5.65. The number of rotatable bonds is 3. The average Bonchev–Trinajstić information content (AvgIpc) is 2.80. The highest BCUT2D eigenvalue weighted by molar-refractivity contribution is 5.73. The molecule has 5 nitrogen and oxygen atoms in total. The van der Waals surface area contributed by atoms with Crippen molar-refractivity contribution in [3.8, 4) is 0 Å². The summed E-state index contributed by atoms with van der Waals surface area (Å²) >= 11 is 0. The largest absolute Gasteiger partial charge is 0.440 e. The number of nitro benzene ring substituents is 1. The fourth-order valence-corrected chi connectivity index (χ4v) is 2.16. The quantitative estimate of drug-likeness (QED) is 0.537. The Labute approximate surface area is 115 Å². The maximum absolute atomic E-state index is 11.0. The van der Waals surface area contributed by atoms with Gasteiger partial charge in [-0.15, -0.1) is 0 Å². The second-order valence-corrected chi connectivity index (χ2v) is 4.64. The Kier molecular flexibility index (Phi) is 2.95. The van der Waals surface area contributed by atoms with E-state index in [0.29, 0.717) is 23.5 Å². The van der Waals surface area contributed by atoms with E-state index in [1.807, 2.05) is 25.1 Å². The second-order valence-electron chi connectivity index (χ2n) is 4.64. The Morgan fingerprint density at radius 3 is 2.85 bits per heavy atom. The van der Waals surface area contributed by atoms with Gasteiger partial charge in [0, 0.05) is 11.6 Å². The van der Waals surface area contributed by atoms with Crippen molar-refractivity contribution in [3.63, 3.8) is 0 Å². The van der Waals surface area contributed by atoms with E-state index in [0.717, 1.165) is 11.1 Å². The summed E-state index contributed by atoms with van der Waals surface area (Å²) in [5.74, 6) is 0.486. The van der Waals surface area contributed by atoms with Crippen LogP contribution in [0.25, 0.3) is 11.1 Å². The predicted octanol–water partition coefficient (Wildman–Crippen LogP) is 3.64. The van der Waals surface area contributed by atoms with Gasteiger partial charge in [-0.3, -0.25) is 10.1 Å². The lowest BCUT2D eigenvalue weighted by Gasteiger charge is -1.99. The Morgan fingerprint density at radius 2 is 2.05 bits per heavy atom. The molecule has 3 aromatic rings. The maximum atomic E-state index is 11.0. The lowest BCUT2D eigenvalue weighted by molar-refractivity contribution is -0.385. The summed E-state index contributed by atoms with van der Waals surface area (Å²) in [5.41, 5.74) is 3.25. The summed E-state index contributed by atoms with van der Waals surface area (Å²) in [4.78, 5) is 15.0. The fraction of sp³-hybridized carbons (Fsp3) is 0.133. The maximum Gasteiger partial charge on any atom is 0.273 e. The van der Waals surface area contributed by atoms with Crippen LogP contribution in [0.4, 0.5) is 5.69 Å². The third kappa shape index (κ3) is 2.25.